The summed E-state index contributed by atoms with van der Waals surface area (Å²) in [6.45, 7) is 12.4. The van der Waals surface area contributed by atoms with Gasteiger partial charge < -0.3 is 10.1 Å². The lowest BCUT2D eigenvalue weighted by atomic mass is 9.96. The van der Waals surface area contributed by atoms with E-state index in [4.69, 9.17) is 4.74 Å². The van der Waals surface area contributed by atoms with Gasteiger partial charge >= 0.3 is 0 Å². The van der Waals surface area contributed by atoms with Gasteiger partial charge in [-0.1, -0.05) is 27.2 Å². The number of ether oxygens (including phenoxy) is 1. The third-order valence-electron chi connectivity index (χ3n) is 3.84. The van der Waals surface area contributed by atoms with E-state index < -0.39 is 0 Å². The van der Waals surface area contributed by atoms with Gasteiger partial charge in [-0.25, -0.2) is 0 Å². The molecule has 0 aromatic rings. The van der Waals surface area contributed by atoms with Crippen LogP contribution in [0.3, 0.4) is 0 Å². The molecule has 102 valence electrons. The summed E-state index contributed by atoms with van der Waals surface area (Å²) in [6.07, 6.45) is 2.87. The molecule has 0 spiro atoms. The van der Waals surface area contributed by atoms with Crippen molar-refractivity contribution in [2.24, 2.45) is 5.92 Å². The predicted molar refractivity (Wildman–Crippen MR) is 73.4 cm³/mol. The Labute approximate surface area is 107 Å². The van der Waals surface area contributed by atoms with Gasteiger partial charge in [-0.2, -0.15) is 0 Å². The standard InChI is InChI=1S/C14H30N2O/c1-6-7-13-10-16(9-12(4)17-5)14(8-15-13)11(2)3/h11-15H,6-10H2,1-5H3. The SMILES string of the molecule is CCCC1CN(CC(C)OC)C(C(C)C)CN1. The summed E-state index contributed by atoms with van der Waals surface area (Å²) in [4.78, 5) is 2.62. The summed E-state index contributed by atoms with van der Waals surface area (Å²) >= 11 is 0. The Bertz CT molecular complexity index is 208. The van der Waals surface area contributed by atoms with Crippen molar-refractivity contribution in [2.45, 2.75) is 58.7 Å². The Kier molecular flexibility index (Phi) is 6.45. The largest absolute Gasteiger partial charge is 0.380 e. The number of hydrogen-bond acceptors (Lipinski definition) is 3. The van der Waals surface area contributed by atoms with E-state index >= 15 is 0 Å². The van der Waals surface area contributed by atoms with E-state index in [9.17, 15) is 0 Å². The van der Waals surface area contributed by atoms with E-state index in [0.717, 1.165) is 13.1 Å². The fourth-order valence-corrected chi connectivity index (χ4v) is 2.71. The minimum atomic E-state index is 0.330. The molecule has 0 bridgehead atoms. The highest BCUT2D eigenvalue weighted by molar-refractivity contribution is 4.88. The van der Waals surface area contributed by atoms with Crippen molar-refractivity contribution in [3.63, 3.8) is 0 Å². The Morgan fingerprint density at radius 2 is 2.06 bits per heavy atom. The molecular weight excluding hydrogens is 212 g/mol. The monoisotopic (exact) mass is 242 g/mol. The zero-order valence-electron chi connectivity index (χ0n) is 12.2. The van der Waals surface area contributed by atoms with Crippen molar-refractivity contribution in [1.29, 1.82) is 0 Å². The number of methoxy groups -OCH3 is 1. The molecule has 0 aromatic heterocycles. The highest BCUT2D eigenvalue weighted by Gasteiger charge is 2.29. The summed E-state index contributed by atoms with van der Waals surface area (Å²) in [5.74, 6) is 0.703. The number of nitrogens with one attached hydrogen (secondary N) is 1. The average Bonchev–Trinajstić information content (AvgIpc) is 2.29. The first kappa shape index (κ1) is 14.9. The van der Waals surface area contributed by atoms with Crippen LogP contribution in [0.25, 0.3) is 0 Å². The van der Waals surface area contributed by atoms with E-state index in [1.165, 1.54) is 19.4 Å². The maximum Gasteiger partial charge on any atom is 0.0670 e. The van der Waals surface area contributed by atoms with Gasteiger partial charge in [0, 0.05) is 38.8 Å². The van der Waals surface area contributed by atoms with E-state index in [2.05, 4.69) is 37.9 Å². The lowest BCUT2D eigenvalue weighted by molar-refractivity contribution is 0.0273. The van der Waals surface area contributed by atoms with Crippen LogP contribution >= 0.6 is 0 Å². The van der Waals surface area contributed by atoms with Gasteiger partial charge in [0.15, 0.2) is 0 Å². The predicted octanol–water partition coefficient (Wildman–Crippen LogP) is 2.12. The summed E-state index contributed by atoms with van der Waals surface area (Å²) in [5.41, 5.74) is 0. The molecule has 1 heterocycles. The first-order chi connectivity index (χ1) is 8.08. The van der Waals surface area contributed by atoms with E-state index in [0.29, 0.717) is 24.1 Å². The molecule has 0 aromatic carbocycles. The molecule has 0 amide bonds. The quantitative estimate of drug-likeness (QED) is 0.772. The second-order valence-electron chi connectivity index (χ2n) is 5.71. The van der Waals surface area contributed by atoms with Gasteiger partial charge in [0.2, 0.25) is 0 Å². The molecule has 0 radical (unpaired) electrons. The van der Waals surface area contributed by atoms with Gasteiger partial charge in [-0.15, -0.1) is 0 Å². The molecule has 1 N–H and O–H groups in total. The molecule has 17 heavy (non-hydrogen) atoms. The second-order valence-corrected chi connectivity index (χ2v) is 5.71. The summed E-state index contributed by atoms with van der Waals surface area (Å²) in [7, 11) is 1.81. The Balaban J connectivity index is 2.56. The molecule has 3 unspecified atom stereocenters. The fourth-order valence-electron chi connectivity index (χ4n) is 2.71. The molecule has 3 atom stereocenters. The summed E-state index contributed by atoms with van der Waals surface area (Å²) in [5, 5.41) is 3.69. The zero-order chi connectivity index (χ0) is 12.8. The maximum absolute atomic E-state index is 5.41. The molecule has 3 heteroatoms. The third-order valence-corrected chi connectivity index (χ3v) is 3.84. The minimum absolute atomic E-state index is 0.330. The van der Waals surface area contributed by atoms with Gasteiger partial charge in [-0.05, 0) is 19.3 Å². The Morgan fingerprint density at radius 1 is 1.35 bits per heavy atom. The second kappa shape index (κ2) is 7.34. The minimum Gasteiger partial charge on any atom is -0.380 e. The van der Waals surface area contributed by atoms with Crippen LogP contribution < -0.4 is 5.32 Å². The molecule has 0 saturated carbocycles. The highest BCUT2D eigenvalue weighted by Crippen LogP contribution is 2.17. The Morgan fingerprint density at radius 3 is 2.59 bits per heavy atom. The van der Waals surface area contributed by atoms with Crippen LogP contribution in [0, 0.1) is 5.92 Å². The van der Waals surface area contributed by atoms with Gasteiger partial charge in [0.05, 0.1) is 6.10 Å². The fraction of sp³-hybridized carbons (Fsp3) is 1.00. The smallest absolute Gasteiger partial charge is 0.0670 e. The lowest BCUT2D eigenvalue weighted by Crippen LogP contribution is -2.59. The lowest BCUT2D eigenvalue weighted by Gasteiger charge is -2.43. The van der Waals surface area contributed by atoms with Crippen molar-refractivity contribution >= 4 is 0 Å². The van der Waals surface area contributed by atoms with Crippen LogP contribution in [0.2, 0.25) is 0 Å². The van der Waals surface area contributed by atoms with Gasteiger partial charge in [0.1, 0.15) is 0 Å². The van der Waals surface area contributed by atoms with E-state index in [-0.39, 0.29) is 0 Å². The first-order valence-corrected chi connectivity index (χ1v) is 7.08. The molecular formula is C14H30N2O. The topological polar surface area (TPSA) is 24.5 Å². The maximum atomic E-state index is 5.41. The number of rotatable bonds is 6. The van der Waals surface area contributed by atoms with E-state index in [1.54, 1.807) is 7.11 Å². The van der Waals surface area contributed by atoms with Crippen molar-refractivity contribution in [1.82, 2.24) is 10.2 Å². The van der Waals surface area contributed by atoms with Crippen molar-refractivity contribution in [2.75, 3.05) is 26.7 Å². The molecule has 3 nitrogen and oxygen atoms in total. The van der Waals surface area contributed by atoms with Crippen LogP contribution in [0.5, 0.6) is 0 Å². The highest BCUT2D eigenvalue weighted by atomic mass is 16.5. The van der Waals surface area contributed by atoms with Gasteiger partial charge in [-0.3, -0.25) is 4.90 Å². The molecule has 1 rings (SSSR count). The van der Waals surface area contributed by atoms with Crippen LogP contribution in [0.4, 0.5) is 0 Å². The number of piperazine rings is 1. The van der Waals surface area contributed by atoms with Crippen LogP contribution in [-0.4, -0.2) is 49.8 Å². The number of nitrogens with zero attached hydrogens (tertiary/aromatic N) is 1. The third kappa shape index (κ3) is 4.57. The van der Waals surface area contributed by atoms with Crippen LogP contribution in [0.1, 0.15) is 40.5 Å². The normalized spacial score (nSPS) is 28.6. The van der Waals surface area contributed by atoms with Crippen molar-refractivity contribution < 1.29 is 4.74 Å². The summed E-state index contributed by atoms with van der Waals surface area (Å²) in [6, 6.07) is 1.32. The number of hydrogen-bond donors (Lipinski definition) is 1. The molecule has 1 aliphatic heterocycles. The van der Waals surface area contributed by atoms with Crippen LogP contribution in [0.15, 0.2) is 0 Å². The van der Waals surface area contributed by atoms with Crippen molar-refractivity contribution in [3.05, 3.63) is 0 Å². The molecule has 0 aliphatic carbocycles. The summed E-state index contributed by atoms with van der Waals surface area (Å²) < 4.78 is 5.41. The van der Waals surface area contributed by atoms with E-state index in [1.807, 2.05) is 0 Å². The molecule has 1 aliphatic rings. The average molecular weight is 242 g/mol. The zero-order valence-corrected chi connectivity index (χ0v) is 12.2. The molecule has 1 saturated heterocycles. The van der Waals surface area contributed by atoms with Gasteiger partial charge in [0.25, 0.3) is 0 Å². The van der Waals surface area contributed by atoms with Crippen LogP contribution in [-0.2, 0) is 4.74 Å². The first-order valence-electron chi connectivity index (χ1n) is 7.08. The Hall–Kier alpha value is -0.120. The molecule has 1 fully saturated rings. The van der Waals surface area contributed by atoms with Crippen molar-refractivity contribution in [3.8, 4) is 0 Å².